The van der Waals surface area contributed by atoms with E-state index in [4.69, 9.17) is 16.4 Å². The Bertz CT molecular complexity index is 636. The molecular formula is C12H11ClN4O3. The van der Waals surface area contributed by atoms with Crippen LogP contribution in [0.25, 0.3) is 0 Å². The molecule has 0 aliphatic heterocycles. The largest absolute Gasteiger partial charge is 0.437 e. The van der Waals surface area contributed by atoms with Gasteiger partial charge < -0.3 is 0 Å². The average molecular weight is 295 g/mol. The Morgan fingerprint density at radius 1 is 1.35 bits per heavy atom. The smallest absolute Gasteiger partial charge is 0.297 e. The molecule has 0 radical (unpaired) electrons. The zero-order chi connectivity index (χ0) is 14.5. The zero-order valence-corrected chi connectivity index (χ0v) is 11.5. The topological polar surface area (TPSA) is 89.6 Å². The molecule has 0 atom stereocenters. The quantitative estimate of drug-likeness (QED) is 0.534. The van der Waals surface area contributed by atoms with E-state index in [0.717, 1.165) is 0 Å². The summed E-state index contributed by atoms with van der Waals surface area (Å²) in [4.78, 5) is 16.2. The van der Waals surface area contributed by atoms with E-state index in [1.54, 1.807) is 38.1 Å². The third-order valence-corrected chi connectivity index (χ3v) is 2.60. The molecule has 0 fully saturated rings. The predicted molar refractivity (Wildman–Crippen MR) is 72.8 cm³/mol. The van der Waals surface area contributed by atoms with Gasteiger partial charge in [-0.1, -0.05) is 21.9 Å². The van der Waals surface area contributed by atoms with Crippen molar-refractivity contribution in [3.8, 4) is 0 Å². The van der Waals surface area contributed by atoms with Crippen molar-refractivity contribution in [3.63, 3.8) is 0 Å². The number of hydrogen-bond donors (Lipinski definition) is 1. The van der Waals surface area contributed by atoms with Crippen LogP contribution in [0, 0.1) is 6.92 Å². The van der Waals surface area contributed by atoms with Crippen LogP contribution in [-0.2, 0) is 4.84 Å². The Morgan fingerprint density at radius 3 is 2.65 bits per heavy atom. The average Bonchev–Trinajstić information content (AvgIpc) is 2.85. The molecule has 0 saturated carbocycles. The summed E-state index contributed by atoms with van der Waals surface area (Å²) >= 11 is 5.74. The summed E-state index contributed by atoms with van der Waals surface area (Å²) < 4.78 is 4.53. The summed E-state index contributed by atoms with van der Waals surface area (Å²) in [6, 6.07) is 6.59. The molecule has 1 aromatic carbocycles. The molecule has 1 heterocycles. The SMILES string of the molecule is C/C(=N/OC(=O)Nc1ccc(Cl)cc1)c1nonc1C. The molecule has 0 unspecified atom stereocenters. The number of nitrogens with zero attached hydrogens (tertiary/aromatic N) is 3. The fourth-order valence-electron chi connectivity index (χ4n) is 1.39. The van der Waals surface area contributed by atoms with Gasteiger partial charge in [0, 0.05) is 10.7 Å². The van der Waals surface area contributed by atoms with Gasteiger partial charge in [0.15, 0.2) is 5.69 Å². The van der Waals surface area contributed by atoms with Gasteiger partial charge >= 0.3 is 6.09 Å². The molecule has 0 aliphatic carbocycles. The first-order chi connectivity index (χ1) is 9.56. The number of benzene rings is 1. The van der Waals surface area contributed by atoms with Crippen LogP contribution in [0.15, 0.2) is 34.1 Å². The third kappa shape index (κ3) is 3.55. The van der Waals surface area contributed by atoms with Gasteiger partial charge in [-0.2, -0.15) is 0 Å². The third-order valence-electron chi connectivity index (χ3n) is 2.35. The molecule has 0 saturated heterocycles. The summed E-state index contributed by atoms with van der Waals surface area (Å²) in [6.07, 6.45) is -0.722. The van der Waals surface area contributed by atoms with Gasteiger partial charge in [0.1, 0.15) is 11.4 Å². The number of halogens is 1. The first-order valence-electron chi connectivity index (χ1n) is 5.64. The number of nitrogens with one attached hydrogen (secondary N) is 1. The fraction of sp³-hybridized carbons (Fsp3) is 0.167. The Kier molecular flexibility index (Phi) is 4.31. The Morgan fingerprint density at radius 2 is 2.05 bits per heavy atom. The van der Waals surface area contributed by atoms with Crippen molar-refractivity contribution in [2.75, 3.05) is 5.32 Å². The Hall–Kier alpha value is -2.41. The van der Waals surface area contributed by atoms with Crippen LogP contribution >= 0.6 is 11.6 Å². The second-order valence-corrected chi connectivity index (χ2v) is 4.32. The second-order valence-electron chi connectivity index (χ2n) is 3.89. The van der Waals surface area contributed by atoms with Gasteiger partial charge in [-0.15, -0.1) is 0 Å². The second kappa shape index (κ2) is 6.16. The van der Waals surface area contributed by atoms with Crippen molar-refractivity contribution >= 4 is 29.1 Å². The van der Waals surface area contributed by atoms with Gasteiger partial charge in [-0.05, 0) is 43.3 Å². The van der Waals surface area contributed by atoms with E-state index in [-0.39, 0.29) is 0 Å². The number of aryl methyl sites for hydroxylation is 1. The van der Waals surface area contributed by atoms with Crippen molar-refractivity contribution in [1.82, 2.24) is 10.3 Å². The molecule has 0 aliphatic rings. The van der Waals surface area contributed by atoms with Crippen molar-refractivity contribution in [2.24, 2.45) is 5.16 Å². The van der Waals surface area contributed by atoms with Gasteiger partial charge in [0.05, 0.1) is 0 Å². The first-order valence-corrected chi connectivity index (χ1v) is 6.02. The van der Waals surface area contributed by atoms with Crippen molar-refractivity contribution in [1.29, 1.82) is 0 Å². The molecule has 0 spiro atoms. The first kappa shape index (κ1) is 14.0. The Labute approximate surface area is 119 Å². The molecule has 104 valence electrons. The summed E-state index contributed by atoms with van der Waals surface area (Å²) in [7, 11) is 0. The summed E-state index contributed by atoms with van der Waals surface area (Å²) in [5.74, 6) is 0. The number of oxime groups is 1. The van der Waals surface area contributed by atoms with Gasteiger partial charge in [0.25, 0.3) is 0 Å². The van der Waals surface area contributed by atoms with E-state index >= 15 is 0 Å². The molecule has 0 bridgehead atoms. The highest BCUT2D eigenvalue weighted by molar-refractivity contribution is 6.30. The van der Waals surface area contributed by atoms with Crippen molar-refractivity contribution in [2.45, 2.75) is 13.8 Å². The minimum absolute atomic E-state index is 0.384. The van der Waals surface area contributed by atoms with Crippen LogP contribution in [0.3, 0.4) is 0 Å². The standard InChI is InChI=1S/C12H11ClN4O3/c1-7(11-8(2)16-20-17-11)15-19-12(18)14-10-5-3-9(13)4-6-10/h3-6H,1-2H3,(H,14,18)/b15-7-. The molecule has 1 N–H and O–H groups in total. The maximum atomic E-state index is 11.5. The number of aromatic nitrogens is 2. The predicted octanol–water partition coefficient (Wildman–Crippen LogP) is 3.00. The normalized spacial score (nSPS) is 11.2. The van der Waals surface area contributed by atoms with Crippen molar-refractivity contribution < 1.29 is 14.3 Å². The van der Waals surface area contributed by atoms with Crippen LogP contribution in [-0.4, -0.2) is 22.1 Å². The molecular weight excluding hydrogens is 284 g/mol. The Balaban J connectivity index is 1.95. The number of hydrogen-bond acceptors (Lipinski definition) is 6. The van der Waals surface area contributed by atoms with Crippen LogP contribution in [0.4, 0.5) is 10.5 Å². The molecule has 8 heteroatoms. The summed E-state index contributed by atoms with van der Waals surface area (Å²) in [6.45, 7) is 3.33. The molecule has 7 nitrogen and oxygen atoms in total. The molecule has 2 rings (SSSR count). The van der Waals surface area contributed by atoms with Crippen LogP contribution in [0.1, 0.15) is 18.3 Å². The minimum atomic E-state index is -0.722. The highest BCUT2D eigenvalue weighted by Crippen LogP contribution is 2.13. The van der Waals surface area contributed by atoms with E-state index in [1.165, 1.54) is 0 Å². The lowest BCUT2D eigenvalue weighted by atomic mass is 10.2. The summed E-state index contributed by atoms with van der Waals surface area (Å²) in [5.41, 5.74) is 1.93. The lowest BCUT2D eigenvalue weighted by Gasteiger charge is -2.02. The number of carbonyl (C=O) groups is 1. The van der Waals surface area contributed by atoms with Gasteiger partial charge in [0.2, 0.25) is 0 Å². The van der Waals surface area contributed by atoms with Gasteiger partial charge in [-0.3, -0.25) is 10.2 Å². The van der Waals surface area contributed by atoms with E-state index in [2.05, 4.69) is 25.4 Å². The van der Waals surface area contributed by atoms with Gasteiger partial charge in [-0.25, -0.2) is 9.42 Å². The number of carbonyl (C=O) groups excluding carboxylic acids is 1. The highest BCUT2D eigenvalue weighted by Gasteiger charge is 2.10. The summed E-state index contributed by atoms with van der Waals surface area (Å²) in [5, 5.41) is 14.0. The van der Waals surface area contributed by atoms with Crippen LogP contribution in [0.2, 0.25) is 5.02 Å². The molecule has 1 amide bonds. The number of amides is 1. The minimum Gasteiger partial charge on any atom is -0.297 e. The van der Waals surface area contributed by atoms with Crippen molar-refractivity contribution in [3.05, 3.63) is 40.7 Å². The monoisotopic (exact) mass is 294 g/mol. The highest BCUT2D eigenvalue weighted by atomic mass is 35.5. The molecule has 2 aromatic rings. The van der Waals surface area contributed by atoms with E-state index in [1.807, 2.05) is 0 Å². The van der Waals surface area contributed by atoms with E-state index in [0.29, 0.717) is 27.8 Å². The molecule has 20 heavy (non-hydrogen) atoms. The maximum Gasteiger partial charge on any atom is 0.437 e. The fourth-order valence-corrected chi connectivity index (χ4v) is 1.51. The number of anilines is 1. The zero-order valence-electron chi connectivity index (χ0n) is 10.8. The maximum absolute atomic E-state index is 11.5. The molecule has 1 aromatic heterocycles. The van der Waals surface area contributed by atoms with E-state index in [9.17, 15) is 4.79 Å². The van der Waals surface area contributed by atoms with E-state index < -0.39 is 6.09 Å². The lowest BCUT2D eigenvalue weighted by Crippen LogP contribution is -2.12. The number of rotatable bonds is 3. The van der Waals surface area contributed by atoms with Crippen LogP contribution in [0.5, 0.6) is 0 Å². The lowest BCUT2D eigenvalue weighted by molar-refractivity contribution is 0.166. The van der Waals surface area contributed by atoms with Crippen LogP contribution < -0.4 is 5.32 Å².